The number of hydrogen-bond acceptors (Lipinski definition) is 4. The van der Waals surface area contributed by atoms with Crippen LogP contribution in [0.2, 0.25) is 0 Å². The lowest BCUT2D eigenvalue weighted by atomic mass is 9.65. The van der Waals surface area contributed by atoms with Gasteiger partial charge in [0.05, 0.1) is 0 Å². The van der Waals surface area contributed by atoms with E-state index >= 15 is 0 Å². The molecule has 2 bridgehead atoms. The third kappa shape index (κ3) is 4.35. The Balaban J connectivity index is 1.53. The van der Waals surface area contributed by atoms with Crippen molar-refractivity contribution in [2.24, 2.45) is 10.8 Å². The molecule has 2 atom stereocenters. The quantitative estimate of drug-likeness (QED) is 0.556. The number of hydrogen-bond donors (Lipinski definition) is 0. The monoisotopic (exact) mass is 409 g/mol. The molecule has 5 nitrogen and oxygen atoms in total. The van der Waals surface area contributed by atoms with Gasteiger partial charge < -0.3 is 14.1 Å². The van der Waals surface area contributed by atoms with Crippen LogP contribution in [0.5, 0.6) is 0 Å². The Kier molecular flexibility index (Phi) is 4.84. The summed E-state index contributed by atoms with van der Waals surface area (Å²) in [7, 11) is 0. The van der Waals surface area contributed by atoms with Gasteiger partial charge in [-0.25, -0.2) is 4.79 Å². The Morgan fingerprint density at radius 3 is 2.80 bits per heavy atom. The van der Waals surface area contributed by atoms with E-state index < -0.39 is 5.97 Å². The van der Waals surface area contributed by atoms with Gasteiger partial charge in [-0.2, -0.15) is 0 Å². The molecular weight excluding hydrogens is 386 g/mol. The Morgan fingerprint density at radius 1 is 1.36 bits per heavy atom. The van der Waals surface area contributed by atoms with Gasteiger partial charge in [-0.1, -0.05) is 20.8 Å². The fraction of sp³-hybridized carbons (Fsp3) is 0.579. The van der Waals surface area contributed by atoms with Crippen LogP contribution >= 0.6 is 15.9 Å². The van der Waals surface area contributed by atoms with E-state index in [1.165, 1.54) is 12.2 Å². The minimum atomic E-state index is -0.547. The Morgan fingerprint density at radius 2 is 2.12 bits per heavy atom. The molecule has 1 aliphatic heterocycles. The highest BCUT2D eigenvalue weighted by Crippen LogP contribution is 2.52. The molecule has 136 valence electrons. The summed E-state index contributed by atoms with van der Waals surface area (Å²) in [6, 6.07) is 3.73. The van der Waals surface area contributed by atoms with Crippen molar-refractivity contribution in [1.29, 1.82) is 0 Å². The molecule has 1 amide bonds. The van der Waals surface area contributed by atoms with Crippen LogP contribution in [0.3, 0.4) is 0 Å². The lowest BCUT2D eigenvalue weighted by Crippen LogP contribution is -2.39. The summed E-state index contributed by atoms with van der Waals surface area (Å²) in [5, 5.41) is 0. The van der Waals surface area contributed by atoms with Crippen molar-refractivity contribution in [1.82, 2.24) is 4.90 Å². The van der Waals surface area contributed by atoms with Crippen LogP contribution in [-0.2, 0) is 14.3 Å². The molecule has 6 heteroatoms. The van der Waals surface area contributed by atoms with Crippen LogP contribution < -0.4 is 0 Å². The zero-order chi connectivity index (χ0) is 18.2. The molecule has 0 spiro atoms. The number of carbonyl (C=O) groups excluding carboxylic acids is 2. The molecule has 0 N–H and O–H groups in total. The van der Waals surface area contributed by atoms with E-state index in [0.717, 1.165) is 25.8 Å². The van der Waals surface area contributed by atoms with Crippen LogP contribution in [0.15, 0.2) is 27.3 Å². The molecule has 2 heterocycles. The molecule has 0 aromatic carbocycles. The summed E-state index contributed by atoms with van der Waals surface area (Å²) >= 11 is 3.19. The van der Waals surface area contributed by atoms with E-state index in [2.05, 4.69) is 36.7 Å². The summed E-state index contributed by atoms with van der Waals surface area (Å²) in [6.45, 7) is 7.34. The summed E-state index contributed by atoms with van der Waals surface area (Å²) in [5.74, 6) is -0.109. The predicted molar refractivity (Wildman–Crippen MR) is 97.6 cm³/mol. The molecule has 2 aliphatic rings. The van der Waals surface area contributed by atoms with E-state index in [9.17, 15) is 9.59 Å². The number of furan rings is 1. The van der Waals surface area contributed by atoms with Crippen molar-refractivity contribution in [3.63, 3.8) is 0 Å². The second-order valence-corrected chi connectivity index (χ2v) is 9.10. The number of nitrogens with zero attached hydrogens (tertiary/aromatic N) is 1. The summed E-state index contributed by atoms with van der Waals surface area (Å²) in [4.78, 5) is 26.2. The largest absolute Gasteiger partial charge is 0.452 e. The molecule has 25 heavy (non-hydrogen) atoms. The van der Waals surface area contributed by atoms with Gasteiger partial charge in [0, 0.05) is 18.7 Å². The maximum Gasteiger partial charge on any atom is 0.331 e. The first-order chi connectivity index (χ1) is 11.7. The van der Waals surface area contributed by atoms with Gasteiger partial charge >= 0.3 is 5.97 Å². The molecule has 1 saturated carbocycles. The first-order valence-electron chi connectivity index (χ1n) is 8.56. The van der Waals surface area contributed by atoms with Gasteiger partial charge in [0.15, 0.2) is 11.3 Å². The fourth-order valence-corrected chi connectivity index (χ4v) is 4.90. The van der Waals surface area contributed by atoms with Gasteiger partial charge in [0.2, 0.25) is 0 Å². The van der Waals surface area contributed by atoms with Gasteiger partial charge in [-0.05, 0) is 64.2 Å². The number of halogens is 1. The molecule has 1 aliphatic carbocycles. The highest BCUT2D eigenvalue weighted by molar-refractivity contribution is 9.10. The van der Waals surface area contributed by atoms with Crippen molar-refractivity contribution < 1.29 is 18.7 Å². The Bertz CT molecular complexity index is 708. The van der Waals surface area contributed by atoms with E-state index in [-0.39, 0.29) is 29.4 Å². The van der Waals surface area contributed by atoms with Crippen LogP contribution in [0.1, 0.15) is 45.8 Å². The first kappa shape index (κ1) is 18.2. The zero-order valence-corrected chi connectivity index (χ0v) is 16.5. The number of esters is 1. The van der Waals surface area contributed by atoms with Crippen LogP contribution in [-0.4, -0.2) is 36.0 Å². The van der Waals surface area contributed by atoms with Crippen molar-refractivity contribution in [2.75, 3.05) is 13.2 Å². The zero-order valence-electron chi connectivity index (χ0n) is 14.9. The van der Waals surface area contributed by atoms with E-state index in [4.69, 9.17) is 9.15 Å². The number of rotatable bonds is 4. The number of likely N-dealkylation sites (tertiary alicyclic amines) is 1. The Labute approximate surface area is 156 Å². The topological polar surface area (TPSA) is 59.8 Å². The van der Waals surface area contributed by atoms with Crippen molar-refractivity contribution in [3.05, 3.63) is 28.6 Å². The van der Waals surface area contributed by atoms with Crippen LogP contribution in [0, 0.1) is 10.8 Å². The maximum atomic E-state index is 12.5. The second-order valence-electron chi connectivity index (χ2n) is 8.32. The molecule has 0 radical (unpaired) electrons. The van der Waals surface area contributed by atoms with Gasteiger partial charge in [0.1, 0.15) is 5.76 Å². The van der Waals surface area contributed by atoms with E-state index in [1.807, 2.05) is 4.90 Å². The van der Waals surface area contributed by atoms with E-state index in [0.29, 0.717) is 10.4 Å². The number of fused-ring (bicyclic) bond motifs is 2. The summed E-state index contributed by atoms with van der Waals surface area (Å²) < 4.78 is 11.0. The summed E-state index contributed by atoms with van der Waals surface area (Å²) in [5.41, 5.74) is 0.433. The third-order valence-electron chi connectivity index (χ3n) is 5.05. The second kappa shape index (κ2) is 6.63. The van der Waals surface area contributed by atoms with Crippen molar-refractivity contribution in [3.8, 4) is 0 Å². The fourth-order valence-electron chi connectivity index (χ4n) is 4.58. The van der Waals surface area contributed by atoms with Crippen molar-refractivity contribution in [2.45, 2.75) is 46.1 Å². The SMILES string of the molecule is CC1(C)CC2CC(C)(CN2C(=O)COC(=O)/C=C/c2ccc(Br)o2)C1. The average Bonchev–Trinajstić information content (AvgIpc) is 3.02. The average molecular weight is 410 g/mol. The minimum absolute atomic E-state index is 0.103. The summed E-state index contributed by atoms with van der Waals surface area (Å²) in [6.07, 6.45) is 5.97. The normalized spacial score (nSPS) is 27.7. The first-order valence-corrected chi connectivity index (χ1v) is 9.35. The molecule has 1 aromatic rings. The molecule has 3 rings (SSSR count). The lowest BCUT2D eigenvalue weighted by Gasteiger charge is -2.39. The molecule has 1 saturated heterocycles. The van der Waals surface area contributed by atoms with Crippen LogP contribution in [0.4, 0.5) is 0 Å². The van der Waals surface area contributed by atoms with Gasteiger partial charge in [-0.3, -0.25) is 4.79 Å². The maximum absolute atomic E-state index is 12.5. The van der Waals surface area contributed by atoms with Crippen molar-refractivity contribution >= 4 is 33.9 Å². The smallest absolute Gasteiger partial charge is 0.331 e. The third-order valence-corrected chi connectivity index (χ3v) is 5.48. The number of ether oxygens (including phenoxy) is 1. The minimum Gasteiger partial charge on any atom is -0.452 e. The molecular formula is C19H24BrNO4. The predicted octanol–water partition coefficient (Wildman–Crippen LogP) is 4.03. The standard InChI is InChI=1S/C19H24BrNO4/c1-18(2)8-13-9-19(3,11-18)12-21(13)16(22)10-24-17(23)7-5-14-4-6-15(20)25-14/h4-7,13H,8-12H2,1-3H3/b7-5+. The molecule has 2 fully saturated rings. The Hall–Kier alpha value is -1.56. The lowest BCUT2D eigenvalue weighted by molar-refractivity contribution is -0.148. The van der Waals surface area contributed by atoms with Gasteiger partial charge in [-0.15, -0.1) is 0 Å². The number of amides is 1. The van der Waals surface area contributed by atoms with Gasteiger partial charge in [0.25, 0.3) is 5.91 Å². The highest BCUT2D eigenvalue weighted by atomic mass is 79.9. The number of carbonyl (C=O) groups is 2. The van der Waals surface area contributed by atoms with E-state index in [1.54, 1.807) is 12.1 Å². The molecule has 1 aromatic heterocycles. The van der Waals surface area contributed by atoms with Crippen LogP contribution in [0.25, 0.3) is 6.08 Å². The molecule has 2 unspecified atom stereocenters. The highest BCUT2D eigenvalue weighted by Gasteiger charge is 2.50.